The van der Waals surface area contributed by atoms with E-state index in [2.05, 4.69) is 25.0 Å². The van der Waals surface area contributed by atoms with Crippen molar-refractivity contribution >= 4 is 0 Å². The van der Waals surface area contributed by atoms with Gasteiger partial charge in [0.2, 0.25) is 0 Å². The van der Waals surface area contributed by atoms with Gasteiger partial charge in [0.05, 0.1) is 5.69 Å². The van der Waals surface area contributed by atoms with Crippen molar-refractivity contribution in [2.45, 2.75) is 32.7 Å². The van der Waals surface area contributed by atoms with Crippen LogP contribution in [0.25, 0.3) is 0 Å². The standard InChI is InChI=1S/C9H17N3/c1-3-12-7-5-9(11-12)8(2)4-6-10/h5,7-8H,3-4,6,10H2,1-2H3. The molecule has 1 rings (SSSR count). The summed E-state index contributed by atoms with van der Waals surface area (Å²) in [6, 6.07) is 2.07. The Labute approximate surface area is 73.6 Å². The molecule has 0 aliphatic rings. The molecule has 0 spiro atoms. The van der Waals surface area contributed by atoms with Gasteiger partial charge in [0.25, 0.3) is 0 Å². The van der Waals surface area contributed by atoms with Crippen molar-refractivity contribution in [2.75, 3.05) is 6.54 Å². The summed E-state index contributed by atoms with van der Waals surface area (Å²) < 4.78 is 1.95. The van der Waals surface area contributed by atoms with E-state index in [1.165, 1.54) is 0 Å². The molecule has 0 radical (unpaired) electrons. The van der Waals surface area contributed by atoms with Crippen LogP contribution in [0.4, 0.5) is 0 Å². The fraction of sp³-hybridized carbons (Fsp3) is 0.667. The molecule has 0 amide bonds. The van der Waals surface area contributed by atoms with E-state index in [1.54, 1.807) is 0 Å². The largest absolute Gasteiger partial charge is 0.330 e. The van der Waals surface area contributed by atoms with Crippen molar-refractivity contribution in [3.8, 4) is 0 Å². The Kier molecular flexibility index (Phi) is 3.29. The van der Waals surface area contributed by atoms with Crippen molar-refractivity contribution in [1.29, 1.82) is 0 Å². The van der Waals surface area contributed by atoms with Gasteiger partial charge < -0.3 is 5.73 Å². The summed E-state index contributed by atoms with van der Waals surface area (Å²) in [5, 5.41) is 4.41. The number of hydrogen-bond donors (Lipinski definition) is 1. The van der Waals surface area contributed by atoms with Gasteiger partial charge in [-0.15, -0.1) is 0 Å². The molecule has 3 heteroatoms. The van der Waals surface area contributed by atoms with Crippen LogP contribution in [0.5, 0.6) is 0 Å². The Morgan fingerprint density at radius 2 is 2.42 bits per heavy atom. The minimum Gasteiger partial charge on any atom is -0.330 e. The van der Waals surface area contributed by atoms with Crippen LogP contribution in [0.15, 0.2) is 12.3 Å². The second-order valence-electron chi connectivity index (χ2n) is 3.07. The van der Waals surface area contributed by atoms with Crippen LogP contribution in [-0.2, 0) is 6.54 Å². The number of rotatable bonds is 4. The van der Waals surface area contributed by atoms with Gasteiger partial charge in [0, 0.05) is 18.7 Å². The summed E-state index contributed by atoms with van der Waals surface area (Å²) in [4.78, 5) is 0. The predicted molar refractivity (Wildman–Crippen MR) is 50.0 cm³/mol. The van der Waals surface area contributed by atoms with Crippen LogP contribution in [0.1, 0.15) is 31.9 Å². The summed E-state index contributed by atoms with van der Waals surface area (Å²) in [5.41, 5.74) is 6.63. The first-order chi connectivity index (χ1) is 5.77. The maximum atomic E-state index is 5.47. The maximum Gasteiger partial charge on any atom is 0.0653 e. The number of hydrogen-bond acceptors (Lipinski definition) is 2. The molecule has 0 bridgehead atoms. The molecule has 0 fully saturated rings. The second kappa shape index (κ2) is 4.26. The number of aromatic nitrogens is 2. The Morgan fingerprint density at radius 3 is 2.92 bits per heavy atom. The molecule has 2 N–H and O–H groups in total. The van der Waals surface area contributed by atoms with E-state index in [9.17, 15) is 0 Å². The van der Waals surface area contributed by atoms with Gasteiger partial charge in [0.1, 0.15) is 0 Å². The smallest absolute Gasteiger partial charge is 0.0653 e. The molecule has 0 aromatic carbocycles. The quantitative estimate of drug-likeness (QED) is 0.735. The minimum absolute atomic E-state index is 0.489. The molecule has 0 aliphatic carbocycles. The molecule has 1 aromatic rings. The molecular formula is C9H17N3. The highest BCUT2D eigenvalue weighted by molar-refractivity contribution is 5.04. The minimum atomic E-state index is 0.489. The van der Waals surface area contributed by atoms with Crippen LogP contribution >= 0.6 is 0 Å². The molecule has 1 aromatic heterocycles. The van der Waals surface area contributed by atoms with Gasteiger partial charge in [-0.25, -0.2) is 0 Å². The van der Waals surface area contributed by atoms with Crippen molar-refractivity contribution in [2.24, 2.45) is 5.73 Å². The first-order valence-corrected chi connectivity index (χ1v) is 4.51. The molecule has 0 saturated carbocycles. The highest BCUT2D eigenvalue weighted by Crippen LogP contribution is 2.15. The first kappa shape index (κ1) is 9.26. The first-order valence-electron chi connectivity index (χ1n) is 4.51. The van der Waals surface area contributed by atoms with Gasteiger partial charge in [-0.1, -0.05) is 6.92 Å². The van der Waals surface area contributed by atoms with Crippen LogP contribution in [0.3, 0.4) is 0 Å². The van der Waals surface area contributed by atoms with Gasteiger partial charge in [-0.2, -0.15) is 5.10 Å². The van der Waals surface area contributed by atoms with Crippen LogP contribution < -0.4 is 5.73 Å². The van der Waals surface area contributed by atoms with Gasteiger partial charge >= 0.3 is 0 Å². The normalized spacial score (nSPS) is 13.2. The van der Waals surface area contributed by atoms with E-state index in [0.717, 1.165) is 25.2 Å². The third-order valence-corrected chi connectivity index (χ3v) is 2.09. The number of nitrogens with zero attached hydrogens (tertiary/aromatic N) is 2. The molecule has 0 saturated heterocycles. The molecular weight excluding hydrogens is 150 g/mol. The molecule has 3 nitrogen and oxygen atoms in total. The highest BCUT2D eigenvalue weighted by atomic mass is 15.3. The van der Waals surface area contributed by atoms with E-state index >= 15 is 0 Å². The lowest BCUT2D eigenvalue weighted by atomic mass is 10.1. The Hall–Kier alpha value is -0.830. The van der Waals surface area contributed by atoms with Crippen molar-refractivity contribution in [3.05, 3.63) is 18.0 Å². The Balaban J connectivity index is 2.61. The maximum absolute atomic E-state index is 5.47. The fourth-order valence-electron chi connectivity index (χ4n) is 1.21. The third kappa shape index (κ3) is 2.08. The zero-order valence-electron chi connectivity index (χ0n) is 7.83. The number of aryl methyl sites for hydroxylation is 1. The predicted octanol–water partition coefficient (Wildman–Crippen LogP) is 1.36. The number of nitrogens with two attached hydrogens (primary N) is 1. The molecule has 0 aliphatic heterocycles. The summed E-state index contributed by atoms with van der Waals surface area (Å²) in [6.45, 7) is 5.93. The van der Waals surface area contributed by atoms with Gasteiger partial charge in [-0.05, 0) is 26.0 Å². The molecule has 1 atom stereocenters. The SMILES string of the molecule is CCn1ccc(C(C)CCN)n1. The van der Waals surface area contributed by atoms with Crippen LogP contribution in [-0.4, -0.2) is 16.3 Å². The third-order valence-electron chi connectivity index (χ3n) is 2.09. The lowest BCUT2D eigenvalue weighted by Crippen LogP contribution is -2.05. The fourth-order valence-corrected chi connectivity index (χ4v) is 1.21. The lowest BCUT2D eigenvalue weighted by molar-refractivity contribution is 0.608. The van der Waals surface area contributed by atoms with E-state index < -0.39 is 0 Å². The van der Waals surface area contributed by atoms with Crippen molar-refractivity contribution in [3.63, 3.8) is 0 Å². The average molecular weight is 167 g/mol. The molecule has 1 heterocycles. The van der Waals surface area contributed by atoms with Gasteiger partial charge in [0.15, 0.2) is 0 Å². The van der Waals surface area contributed by atoms with Crippen molar-refractivity contribution < 1.29 is 0 Å². The summed E-state index contributed by atoms with van der Waals surface area (Å²) in [6.07, 6.45) is 3.03. The summed E-state index contributed by atoms with van der Waals surface area (Å²) in [5.74, 6) is 0.489. The lowest BCUT2D eigenvalue weighted by Gasteiger charge is -2.05. The monoisotopic (exact) mass is 167 g/mol. The Bertz CT molecular complexity index is 229. The average Bonchev–Trinajstić information content (AvgIpc) is 2.52. The van der Waals surface area contributed by atoms with E-state index in [-0.39, 0.29) is 0 Å². The van der Waals surface area contributed by atoms with E-state index in [1.807, 2.05) is 10.9 Å². The zero-order chi connectivity index (χ0) is 8.97. The molecule has 12 heavy (non-hydrogen) atoms. The molecule has 1 unspecified atom stereocenters. The zero-order valence-corrected chi connectivity index (χ0v) is 7.83. The summed E-state index contributed by atoms with van der Waals surface area (Å²) >= 11 is 0. The van der Waals surface area contributed by atoms with E-state index in [0.29, 0.717) is 5.92 Å². The highest BCUT2D eigenvalue weighted by Gasteiger charge is 2.06. The molecule has 68 valence electrons. The summed E-state index contributed by atoms with van der Waals surface area (Å²) in [7, 11) is 0. The topological polar surface area (TPSA) is 43.8 Å². The van der Waals surface area contributed by atoms with Gasteiger partial charge in [-0.3, -0.25) is 4.68 Å². The second-order valence-corrected chi connectivity index (χ2v) is 3.07. The van der Waals surface area contributed by atoms with E-state index in [4.69, 9.17) is 5.73 Å². The Morgan fingerprint density at radius 1 is 1.67 bits per heavy atom. The van der Waals surface area contributed by atoms with Crippen molar-refractivity contribution in [1.82, 2.24) is 9.78 Å². The van der Waals surface area contributed by atoms with Crippen LogP contribution in [0.2, 0.25) is 0 Å². The van der Waals surface area contributed by atoms with Crippen LogP contribution in [0, 0.1) is 0 Å².